The van der Waals surface area contributed by atoms with Crippen LogP contribution in [0.4, 0.5) is 19.9 Å². The molecule has 0 radical (unpaired) electrons. The molecule has 0 saturated heterocycles. The number of carbonyl (C=O) groups excluding carboxylic acids is 4. The van der Waals surface area contributed by atoms with Gasteiger partial charge in [-0.2, -0.15) is 0 Å². The number of hydrogen-bond acceptors (Lipinski definition) is 10. The second kappa shape index (κ2) is 19.0. The first-order chi connectivity index (χ1) is 24.5. The highest BCUT2D eigenvalue weighted by Crippen LogP contribution is 2.29. The van der Waals surface area contributed by atoms with E-state index in [9.17, 15) is 19.2 Å². The fraction of sp³-hybridized carbons (Fsp3) is 0.526. The number of amides is 4. The first-order valence-corrected chi connectivity index (χ1v) is 19.5. The molecule has 4 aromatic rings. The lowest BCUT2D eigenvalue weighted by atomic mass is 10.2. The van der Waals surface area contributed by atoms with Gasteiger partial charge in [0.15, 0.2) is 10.3 Å². The SMILES string of the molecule is CCCN(CCC)C(=O)c1ccc2nc(NC(=O)OC(C)(C)C)sc2c1.CCCN(CCC)C(=O)c1ccc2nc(NC(=O)OC(C)(C)C)sc2c1. The van der Waals surface area contributed by atoms with Gasteiger partial charge >= 0.3 is 12.2 Å². The minimum absolute atomic E-state index is 0.0330. The first kappa shape index (κ1) is 42.1. The minimum Gasteiger partial charge on any atom is -0.444 e. The number of nitrogens with one attached hydrogen (secondary N) is 2. The molecule has 284 valence electrons. The van der Waals surface area contributed by atoms with Crippen molar-refractivity contribution in [2.75, 3.05) is 36.8 Å². The van der Waals surface area contributed by atoms with Crippen molar-refractivity contribution in [2.45, 2.75) is 106 Å². The number of aromatic nitrogens is 2. The van der Waals surface area contributed by atoms with E-state index in [1.54, 1.807) is 53.7 Å². The smallest absolute Gasteiger partial charge is 0.413 e. The maximum atomic E-state index is 12.7. The zero-order valence-electron chi connectivity index (χ0n) is 32.2. The number of carbonyl (C=O) groups is 4. The van der Waals surface area contributed by atoms with Crippen LogP contribution in [-0.4, -0.2) is 81.1 Å². The van der Waals surface area contributed by atoms with Crippen LogP contribution in [0.25, 0.3) is 20.4 Å². The number of rotatable bonds is 12. The zero-order chi connectivity index (χ0) is 38.6. The highest BCUT2D eigenvalue weighted by molar-refractivity contribution is 7.22. The Morgan fingerprint density at radius 1 is 0.596 bits per heavy atom. The first-order valence-electron chi connectivity index (χ1n) is 17.9. The molecular weight excluding hydrogens is 701 g/mol. The van der Waals surface area contributed by atoms with Gasteiger partial charge in [-0.3, -0.25) is 20.2 Å². The summed E-state index contributed by atoms with van der Waals surface area (Å²) in [5.41, 5.74) is 1.65. The summed E-state index contributed by atoms with van der Waals surface area (Å²) in [6, 6.07) is 10.9. The summed E-state index contributed by atoms with van der Waals surface area (Å²) in [6.45, 7) is 22.1. The molecule has 0 unspecified atom stereocenters. The van der Waals surface area contributed by atoms with Crippen LogP contribution < -0.4 is 10.6 Å². The van der Waals surface area contributed by atoms with Crippen LogP contribution in [-0.2, 0) is 9.47 Å². The highest BCUT2D eigenvalue weighted by Gasteiger charge is 2.21. The van der Waals surface area contributed by atoms with Gasteiger partial charge in [-0.25, -0.2) is 19.6 Å². The Morgan fingerprint density at radius 2 is 0.923 bits per heavy atom. The molecule has 2 heterocycles. The summed E-state index contributed by atoms with van der Waals surface area (Å²) < 4.78 is 12.2. The Balaban J connectivity index is 0.000000280. The fourth-order valence-electron chi connectivity index (χ4n) is 5.08. The topological polar surface area (TPSA) is 143 Å². The van der Waals surface area contributed by atoms with Gasteiger partial charge in [0.2, 0.25) is 0 Å². The Kier molecular flexibility index (Phi) is 15.4. The summed E-state index contributed by atoms with van der Waals surface area (Å²) >= 11 is 2.66. The summed E-state index contributed by atoms with van der Waals surface area (Å²) in [5, 5.41) is 6.21. The predicted molar refractivity (Wildman–Crippen MR) is 212 cm³/mol. The average Bonchev–Trinajstić information content (AvgIpc) is 3.64. The van der Waals surface area contributed by atoms with Gasteiger partial charge in [-0.1, -0.05) is 50.4 Å². The van der Waals surface area contributed by atoms with Crippen molar-refractivity contribution in [3.05, 3.63) is 47.5 Å². The van der Waals surface area contributed by atoms with Gasteiger partial charge in [0.05, 0.1) is 20.4 Å². The van der Waals surface area contributed by atoms with Gasteiger partial charge in [-0.15, -0.1) is 0 Å². The van der Waals surface area contributed by atoms with E-state index in [1.165, 1.54) is 22.7 Å². The molecule has 0 aliphatic heterocycles. The Hall–Kier alpha value is -4.30. The molecule has 0 saturated carbocycles. The van der Waals surface area contributed by atoms with E-state index < -0.39 is 23.4 Å². The Labute approximate surface area is 315 Å². The van der Waals surface area contributed by atoms with Crippen molar-refractivity contribution in [3.63, 3.8) is 0 Å². The summed E-state index contributed by atoms with van der Waals surface area (Å²) in [7, 11) is 0. The van der Waals surface area contributed by atoms with Crippen LogP contribution >= 0.6 is 22.7 Å². The monoisotopic (exact) mass is 754 g/mol. The van der Waals surface area contributed by atoms with Crippen LogP contribution in [0.15, 0.2) is 36.4 Å². The Bertz CT molecular complexity index is 1680. The van der Waals surface area contributed by atoms with Gasteiger partial charge < -0.3 is 19.3 Å². The third-order valence-electron chi connectivity index (χ3n) is 7.04. The minimum atomic E-state index is -0.567. The van der Waals surface area contributed by atoms with E-state index in [2.05, 4.69) is 48.3 Å². The predicted octanol–water partition coefficient (Wildman–Crippen LogP) is 9.81. The molecule has 4 rings (SSSR count). The molecule has 14 heteroatoms. The molecule has 0 aliphatic rings. The maximum absolute atomic E-state index is 12.7. The summed E-state index contributed by atoms with van der Waals surface area (Å²) in [4.78, 5) is 61.8. The molecular formula is C38H54N6O6S2. The molecule has 2 N–H and O–H groups in total. The fourth-order valence-corrected chi connectivity index (χ4v) is 6.86. The molecule has 12 nitrogen and oxygen atoms in total. The van der Waals surface area contributed by atoms with E-state index in [0.29, 0.717) is 21.4 Å². The standard InChI is InChI=1S/2C19H27N3O3S/c2*1-6-10-22(11-7-2)16(23)13-8-9-14-15(12-13)26-17(20-14)21-18(24)25-19(3,4)5/h2*8-9,12H,6-7,10-11H2,1-5H3,(H,20,21,24). The molecule has 0 spiro atoms. The van der Waals surface area contributed by atoms with Gasteiger partial charge in [-0.05, 0) is 104 Å². The van der Waals surface area contributed by atoms with Crippen molar-refractivity contribution < 1.29 is 28.7 Å². The van der Waals surface area contributed by atoms with Crippen LogP contribution in [0.5, 0.6) is 0 Å². The highest BCUT2D eigenvalue weighted by atomic mass is 32.1. The van der Waals surface area contributed by atoms with Crippen LogP contribution in [0.1, 0.15) is 116 Å². The van der Waals surface area contributed by atoms with Crippen LogP contribution in [0.2, 0.25) is 0 Å². The van der Waals surface area contributed by atoms with E-state index in [1.807, 2.05) is 34.1 Å². The number of ether oxygens (including phenoxy) is 2. The quantitative estimate of drug-likeness (QED) is 0.146. The van der Waals surface area contributed by atoms with E-state index >= 15 is 0 Å². The van der Waals surface area contributed by atoms with Crippen molar-refractivity contribution in [2.24, 2.45) is 0 Å². The van der Waals surface area contributed by atoms with Gasteiger partial charge in [0, 0.05) is 37.3 Å². The number of anilines is 2. The van der Waals surface area contributed by atoms with Crippen LogP contribution in [0.3, 0.4) is 0 Å². The van der Waals surface area contributed by atoms with E-state index in [-0.39, 0.29) is 11.8 Å². The van der Waals surface area contributed by atoms with Crippen molar-refractivity contribution in [3.8, 4) is 0 Å². The number of hydrogen-bond donors (Lipinski definition) is 2. The molecule has 0 fully saturated rings. The molecule has 0 bridgehead atoms. The second-order valence-electron chi connectivity index (χ2n) is 14.2. The van der Waals surface area contributed by atoms with Crippen molar-refractivity contribution in [1.82, 2.24) is 19.8 Å². The number of nitrogens with zero attached hydrogens (tertiary/aromatic N) is 4. The number of thiazole rings is 2. The van der Waals surface area contributed by atoms with E-state index in [0.717, 1.165) is 72.3 Å². The maximum Gasteiger partial charge on any atom is 0.413 e. The average molecular weight is 755 g/mol. The zero-order valence-corrected chi connectivity index (χ0v) is 33.8. The molecule has 2 aromatic carbocycles. The summed E-state index contributed by atoms with van der Waals surface area (Å²) in [5.74, 6) is 0.0660. The molecule has 52 heavy (non-hydrogen) atoms. The molecule has 0 atom stereocenters. The third-order valence-corrected chi connectivity index (χ3v) is 8.90. The van der Waals surface area contributed by atoms with Crippen molar-refractivity contribution >= 4 is 77.4 Å². The van der Waals surface area contributed by atoms with Gasteiger partial charge in [0.1, 0.15) is 11.2 Å². The Morgan fingerprint density at radius 3 is 1.21 bits per heavy atom. The van der Waals surface area contributed by atoms with Crippen molar-refractivity contribution in [1.29, 1.82) is 0 Å². The second-order valence-corrected chi connectivity index (χ2v) is 16.3. The molecule has 0 aliphatic carbocycles. The summed E-state index contributed by atoms with van der Waals surface area (Å²) in [6.07, 6.45) is 2.64. The lowest BCUT2D eigenvalue weighted by molar-refractivity contribution is 0.0624. The van der Waals surface area contributed by atoms with Crippen LogP contribution in [0, 0.1) is 0 Å². The van der Waals surface area contributed by atoms with E-state index in [4.69, 9.17) is 9.47 Å². The molecule has 2 aromatic heterocycles. The number of benzene rings is 2. The number of fused-ring (bicyclic) bond motifs is 2. The third kappa shape index (κ3) is 13.0. The molecule has 4 amide bonds. The normalized spacial score (nSPS) is 11.4. The lowest BCUT2D eigenvalue weighted by Crippen LogP contribution is -2.32. The lowest BCUT2D eigenvalue weighted by Gasteiger charge is -2.21. The largest absolute Gasteiger partial charge is 0.444 e. The van der Waals surface area contributed by atoms with Gasteiger partial charge in [0.25, 0.3) is 11.8 Å².